The fourth-order valence-corrected chi connectivity index (χ4v) is 4.96. The lowest BCUT2D eigenvalue weighted by atomic mass is 10.1. The summed E-state index contributed by atoms with van der Waals surface area (Å²) >= 11 is 0. The highest BCUT2D eigenvalue weighted by Gasteiger charge is 2.32. The van der Waals surface area contributed by atoms with Gasteiger partial charge in [-0.15, -0.1) is 0 Å². The Kier molecular flexibility index (Phi) is 6.24. The molecule has 0 unspecified atom stereocenters. The average Bonchev–Trinajstić information content (AvgIpc) is 2.64. The summed E-state index contributed by atoms with van der Waals surface area (Å²) in [7, 11) is -3.48. The fraction of sp³-hybridized carbons (Fsp3) is 0.647. The summed E-state index contributed by atoms with van der Waals surface area (Å²) < 4.78 is 38.8. The summed E-state index contributed by atoms with van der Waals surface area (Å²) in [6, 6.07) is 8.76. The van der Waals surface area contributed by atoms with E-state index in [1.54, 1.807) is 28.6 Å². The molecule has 1 aromatic rings. The molecule has 0 bridgehead atoms. The molecule has 2 aliphatic heterocycles. The molecular formula is C17H26N2O4S. The van der Waals surface area contributed by atoms with Crippen molar-refractivity contribution in [3.8, 4) is 0 Å². The minimum absolute atomic E-state index is 0.0185. The average molecular weight is 354 g/mol. The lowest BCUT2D eigenvalue weighted by molar-refractivity contribution is 0.0291. The summed E-state index contributed by atoms with van der Waals surface area (Å²) in [6.45, 7) is 5.70. The number of hydrogen-bond donors (Lipinski definition) is 0. The standard InChI is InChI=1S/C17H26N2O4S/c20-24(21,17-4-2-1-3-5-17)19(16-6-12-22-13-7-16)9-8-18-10-14-23-15-11-18/h1-5,16H,6-15H2. The Bertz CT molecular complexity index is 596. The van der Waals surface area contributed by atoms with Gasteiger partial charge in [0.15, 0.2) is 0 Å². The van der Waals surface area contributed by atoms with E-state index >= 15 is 0 Å². The van der Waals surface area contributed by atoms with Gasteiger partial charge in [0.05, 0.1) is 18.1 Å². The topological polar surface area (TPSA) is 59.1 Å². The van der Waals surface area contributed by atoms with Gasteiger partial charge in [-0.2, -0.15) is 4.31 Å². The molecule has 0 spiro atoms. The molecule has 6 nitrogen and oxygen atoms in total. The van der Waals surface area contributed by atoms with Gasteiger partial charge >= 0.3 is 0 Å². The number of benzene rings is 1. The number of ether oxygens (including phenoxy) is 2. The SMILES string of the molecule is O=S(=O)(c1ccccc1)N(CCN1CCOCC1)C1CCOCC1. The van der Waals surface area contributed by atoms with E-state index in [1.807, 2.05) is 6.07 Å². The van der Waals surface area contributed by atoms with Gasteiger partial charge in [-0.25, -0.2) is 8.42 Å². The molecule has 0 aliphatic carbocycles. The van der Waals surface area contributed by atoms with Crippen LogP contribution in [0.25, 0.3) is 0 Å². The monoisotopic (exact) mass is 354 g/mol. The first kappa shape index (κ1) is 17.8. The summed E-state index contributed by atoms with van der Waals surface area (Å²) in [5.41, 5.74) is 0. The zero-order valence-electron chi connectivity index (χ0n) is 14.0. The van der Waals surface area contributed by atoms with E-state index in [0.29, 0.717) is 24.7 Å². The molecule has 0 N–H and O–H groups in total. The molecule has 2 aliphatic rings. The van der Waals surface area contributed by atoms with Crippen LogP contribution in [0.5, 0.6) is 0 Å². The second-order valence-corrected chi connectivity index (χ2v) is 8.12. The van der Waals surface area contributed by atoms with Gasteiger partial charge in [0.25, 0.3) is 0 Å². The summed E-state index contributed by atoms with van der Waals surface area (Å²) in [4.78, 5) is 2.65. The first-order valence-electron chi connectivity index (χ1n) is 8.63. The first-order valence-corrected chi connectivity index (χ1v) is 10.1. The molecule has 1 aromatic carbocycles. The van der Waals surface area contributed by atoms with Gasteiger partial charge in [-0.3, -0.25) is 4.90 Å². The number of hydrogen-bond acceptors (Lipinski definition) is 5. The summed E-state index contributed by atoms with van der Waals surface area (Å²) in [5.74, 6) is 0. The van der Waals surface area contributed by atoms with E-state index < -0.39 is 10.0 Å². The van der Waals surface area contributed by atoms with Crippen molar-refractivity contribution >= 4 is 10.0 Å². The van der Waals surface area contributed by atoms with E-state index in [2.05, 4.69) is 4.90 Å². The van der Waals surface area contributed by atoms with E-state index in [9.17, 15) is 8.42 Å². The van der Waals surface area contributed by atoms with Crippen LogP contribution in [0.1, 0.15) is 12.8 Å². The van der Waals surface area contributed by atoms with Crippen molar-refractivity contribution in [3.05, 3.63) is 30.3 Å². The molecule has 2 saturated heterocycles. The molecule has 0 atom stereocenters. The van der Waals surface area contributed by atoms with Crippen LogP contribution in [0.3, 0.4) is 0 Å². The van der Waals surface area contributed by atoms with E-state index in [1.165, 1.54) is 0 Å². The van der Waals surface area contributed by atoms with Crippen LogP contribution in [-0.4, -0.2) is 76.3 Å². The van der Waals surface area contributed by atoms with Crippen LogP contribution in [0.4, 0.5) is 0 Å². The Morgan fingerprint density at radius 2 is 1.62 bits per heavy atom. The lowest BCUT2D eigenvalue weighted by Gasteiger charge is -2.35. The normalized spacial score (nSPS) is 21.2. The van der Waals surface area contributed by atoms with Crippen molar-refractivity contribution in [2.45, 2.75) is 23.8 Å². The molecule has 0 radical (unpaired) electrons. The smallest absolute Gasteiger partial charge is 0.243 e. The van der Waals surface area contributed by atoms with E-state index in [0.717, 1.165) is 45.7 Å². The first-order chi connectivity index (χ1) is 11.7. The zero-order valence-corrected chi connectivity index (χ0v) is 14.8. The third-order valence-corrected chi connectivity index (χ3v) is 6.65. The largest absolute Gasteiger partial charge is 0.381 e. The predicted octanol–water partition coefficient (Wildman–Crippen LogP) is 1.19. The second-order valence-electron chi connectivity index (χ2n) is 6.23. The van der Waals surface area contributed by atoms with Crippen LogP contribution in [0.15, 0.2) is 35.2 Å². The minimum atomic E-state index is -3.48. The van der Waals surface area contributed by atoms with Crippen molar-refractivity contribution in [1.29, 1.82) is 0 Å². The van der Waals surface area contributed by atoms with Crippen molar-refractivity contribution in [2.24, 2.45) is 0 Å². The maximum Gasteiger partial charge on any atom is 0.243 e. The predicted molar refractivity (Wildman–Crippen MR) is 91.4 cm³/mol. The molecule has 24 heavy (non-hydrogen) atoms. The highest BCUT2D eigenvalue weighted by atomic mass is 32.2. The van der Waals surface area contributed by atoms with Gasteiger partial charge in [0, 0.05) is 45.4 Å². The van der Waals surface area contributed by atoms with Crippen LogP contribution in [0.2, 0.25) is 0 Å². The molecule has 0 aromatic heterocycles. The van der Waals surface area contributed by atoms with Crippen LogP contribution < -0.4 is 0 Å². The van der Waals surface area contributed by atoms with Gasteiger partial charge in [0.2, 0.25) is 10.0 Å². The van der Waals surface area contributed by atoms with Crippen LogP contribution in [0, 0.1) is 0 Å². The van der Waals surface area contributed by atoms with Crippen molar-refractivity contribution in [1.82, 2.24) is 9.21 Å². The maximum atomic E-state index is 13.1. The highest BCUT2D eigenvalue weighted by molar-refractivity contribution is 7.89. The second kappa shape index (κ2) is 8.40. The molecular weight excluding hydrogens is 328 g/mol. The number of nitrogens with zero attached hydrogens (tertiary/aromatic N) is 2. The molecule has 3 rings (SSSR count). The summed E-state index contributed by atoms with van der Waals surface area (Å²) in [5, 5.41) is 0. The van der Waals surface area contributed by atoms with Crippen molar-refractivity contribution in [3.63, 3.8) is 0 Å². The molecule has 7 heteroatoms. The van der Waals surface area contributed by atoms with Crippen molar-refractivity contribution < 1.29 is 17.9 Å². The number of morpholine rings is 1. The van der Waals surface area contributed by atoms with Gasteiger partial charge < -0.3 is 9.47 Å². The minimum Gasteiger partial charge on any atom is -0.381 e. The number of sulfonamides is 1. The highest BCUT2D eigenvalue weighted by Crippen LogP contribution is 2.23. The molecule has 0 saturated carbocycles. The van der Waals surface area contributed by atoms with Crippen molar-refractivity contribution in [2.75, 3.05) is 52.6 Å². The van der Waals surface area contributed by atoms with Crippen LogP contribution in [-0.2, 0) is 19.5 Å². The molecule has 2 fully saturated rings. The zero-order chi connectivity index (χ0) is 16.8. The van der Waals surface area contributed by atoms with E-state index in [-0.39, 0.29) is 6.04 Å². The quantitative estimate of drug-likeness (QED) is 0.768. The van der Waals surface area contributed by atoms with Gasteiger partial charge in [-0.1, -0.05) is 18.2 Å². The van der Waals surface area contributed by atoms with Crippen LogP contribution >= 0.6 is 0 Å². The third kappa shape index (κ3) is 4.34. The Balaban J connectivity index is 1.75. The van der Waals surface area contributed by atoms with Gasteiger partial charge in [-0.05, 0) is 25.0 Å². The Morgan fingerprint density at radius 3 is 2.29 bits per heavy atom. The number of rotatable bonds is 6. The fourth-order valence-electron chi connectivity index (χ4n) is 3.26. The Morgan fingerprint density at radius 1 is 1.00 bits per heavy atom. The molecule has 2 heterocycles. The summed E-state index contributed by atoms with van der Waals surface area (Å²) in [6.07, 6.45) is 1.52. The Labute approximate surface area is 144 Å². The third-order valence-electron chi connectivity index (χ3n) is 4.69. The molecule has 0 amide bonds. The lowest BCUT2D eigenvalue weighted by Crippen LogP contribution is -2.48. The Hall–Kier alpha value is -0.990. The van der Waals surface area contributed by atoms with E-state index in [4.69, 9.17) is 9.47 Å². The molecule has 134 valence electrons. The van der Waals surface area contributed by atoms with Gasteiger partial charge in [0.1, 0.15) is 0 Å². The maximum absolute atomic E-state index is 13.1.